The van der Waals surface area contributed by atoms with Crippen molar-refractivity contribution in [1.82, 2.24) is 4.90 Å². The summed E-state index contributed by atoms with van der Waals surface area (Å²) in [4.78, 5) is 25.9. The van der Waals surface area contributed by atoms with Crippen molar-refractivity contribution in [2.75, 3.05) is 6.54 Å². The van der Waals surface area contributed by atoms with Crippen molar-refractivity contribution in [3.05, 3.63) is 11.1 Å². The minimum Gasteiger partial charge on any atom is -0.335 e. The number of nitrogens with zero attached hydrogens (tertiary/aromatic N) is 1. The predicted molar refractivity (Wildman–Crippen MR) is 57.3 cm³/mol. The van der Waals surface area contributed by atoms with Crippen LogP contribution < -0.4 is 0 Å². The van der Waals surface area contributed by atoms with Gasteiger partial charge in [0.2, 0.25) is 5.91 Å². The quantitative estimate of drug-likeness (QED) is 0.604. The number of hydrogen-bond acceptors (Lipinski definition) is 2. The largest absolute Gasteiger partial charge is 0.335 e. The zero-order chi connectivity index (χ0) is 11.2. The third kappa shape index (κ3) is 1.41. The van der Waals surface area contributed by atoms with E-state index in [-0.39, 0.29) is 23.7 Å². The fourth-order valence-corrected chi connectivity index (χ4v) is 2.64. The lowest BCUT2D eigenvalue weighted by Crippen LogP contribution is -2.39. The van der Waals surface area contributed by atoms with Gasteiger partial charge in [-0.25, -0.2) is 0 Å². The lowest BCUT2D eigenvalue weighted by molar-refractivity contribution is -0.129. The molecule has 2 rings (SSSR count). The highest BCUT2D eigenvalue weighted by molar-refractivity contribution is 6.07. The molecule has 2 atom stereocenters. The van der Waals surface area contributed by atoms with Crippen LogP contribution in [0.4, 0.5) is 0 Å². The van der Waals surface area contributed by atoms with Gasteiger partial charge in [0.15, 0.2) is 5.78 Å². The maximum atomic E-state index is 12.0. The van der Waals surface area contributed by atoms with Gasteiger partial charge in [-0.3, -0.25) is 9.59 Å². The number of ketones is 1. The van der Waals surface area contributed by atoms with Gasteiger partial charge in [-0.2, -0.15) is 0 Å². The Hall–Kier alpha value is -1.12. The summed E-state index contributed by atoms with van der Waals surface area (Å²) in [6, 6.07) is 0.136. The molecule has 0 aromatic rings. The average molecular weight is 207 g/mol. The van der Waals surface area contributed by atoms with Crippen LogP contribution in [0.15, 0.2) is 11.1 Å². The Labute approximate surface area is 90.1 Å². The molecule has 0 radical (unpaired) electrons. The molecule has 1 fully saturated rings. The third-order valence-electron chi connectivity index (χ3n) is 3.80. The van der Waals surface area contributed by atoms with E-state index < -0.39 is 0 Å². The minimum absolute atomic E-state index is 0.0334. The zero-order valence-electron chi connectivity index (χ0n) is 9.54. The predicted octanol–water partition coefficient (Wildman–Crippen LogP) is 1.53. The normalized spacial score (nSPS) is 32.1. The Balaban J connectivity index is 2.46. The summed E-state index contributed by atoms with van der Waals surface area (Å²) in [6.45, 7) is 6.30. The molecule has 15 heavy (non-hydrogen) atoms. The highest BCUT2D eigenvalue weighted by Gasteiger charge is 2.39. The van der Waals surface area contributed by atoms with Gasteiger partial charge in [-0.1, -0.05) is 6.92 Å². The van der Waals surface area contributed by atoms with Crippen molar-refractivity contribution >= 4 is 11.7 Å². The average Bonchev–Trinajstić information content (AvgIpc) is 2.70. The first-order valence-electron chi connectivity index (χ1n) is 5.56. The van der Waals surface area contributed by atoms with Crippen molar-refractivity contribution in [1.29, 1.82) is 0 Å². The van der Waals surface area contributed by atoms with Crippen LogP contribution in [0, 0.1) is 5.92 Å². The number of fused-ring (bicyclic) bond motifs is 1. The standard InChI is InChI=1S/C12H17NO2/c1-7-8(2)12(15)13-6-4-5-10(13)9(3)11(7)14/h9-10H,4-6H2,1-3H3/t9-,10-/m1/s1. The first kappa shape index (κ1) is 10.4. The maximum absolute atomic E-state index is 12.0. The first-order chi connectivity index (χ1) is 7.04. The number of allylic oxidation sites excluding steroid dienone is 1. The Morgan fingerprint density at radius 3 is 2.53 bits per heavy atom. The highest BCUT2D eigenvalue weighted by atomic mass is 16.2. The molecular formula is C12H17NO2. The number of rotatable bonds is 0. The number of amides is 1. The SMILES string of the molecule is CC1=C(C)C(=O)N2CCC[C@@H]2[C@@H](C)C1=O. The van der Waals surface area contributed by atoms with Gasteiger partial charge in [0, 0.05) is 29.7 Å². The van der Waals surface area contributed by atoms with E-state index in [1.165, 1.54) is 0 Å². The monoisotopic (exact) mass is 207 g/mol. The van der Waals surface area contributed by atoms with E-state index >= 15 is 0 Å². The van der Waals surface area contributed by atoms with E-state index in [2.05, 4.69) is 0 Å². The van der Waals surface area contributed by atoms with Crippen LogP contribution in [-0.2, 0) is 9.59 Å². The summed E-state index contributed by atoms with van der Waals surface area (Å²) in [5.41, 5.74) is 1.29. The van der Waals surface area contributed by atoms with E-state index in [9.17, 15) is 9.59 Å². The number of Topliss-reactive ketones (excluding diaryl/α,β-unsaturated/α-hetero) is 1. The van der Waals surface area contributed by atoms with Crippen LogP contribution in [0.25, 0.3) is 0 Å². The molecule has 0 spiro atoms. The summed E-state index contributed by atoms with van der Waals surface area (Å²) in [7, 11) is 0. The van der Waals surface area contributed by atoms with Gasteiger partial charge in [0.1, 0.15) is 0 Å². The smallest absolute Gasteiger partial charge is 0.250 e. The molecule has 2 heterocycles. The minimum atomic E-state index is -0.0334. The van der Waals surface area contributed by atoms with Gasteiger partial charge in [0.05, 0.1) is 0 Å². The summed E-state index contributed by atoms with van der Waals surface area (Å²) in [5.74, 6) is 0.178. The Bertz CT molecular complexity index is 357. The van der Waals surface area contributed by atoms with Crippen molar-refractivity contribution in [3.63, 3.8) is 0 Å². The molecule has 1 saturated heterocycles. The van der Waals surface area contributed by atoms with Crippen LogP contribution >= 0.6 is 0 Å². The van der Waals surface area contributed by atoms with Crippen LogP contribution in [0.1, 0.15) is 33.6 Å². The first-order valence-corrected chi connectivity index (χ1v) is 5.56. The van der Waals surface area contributed by atoms with Gasteiger partial charge in [-0.05, 0) is 26.7 Å². The summed E-state index contributed by atoms with van der Waals surface area (Å²) >= 11 is 0. The molecule has 0 aliphatic carbocycles. The van der Waals surface area contributed by atoms with Crippen LogP contribution in [-0.4, -0.2) is 29.2 Å². The zero-order valence-corrected chi connectivity index (χ0v) is 9.54. The molecule has 82 valence electrons. The number of carbonyl (C=O) groups is 2. The molecule has 0 saturated carbocycles. The van der Waals surface area contributed by atoms with Crippen molar-refractivity contribution < 1.29 is 9.59 Å². The fourth-order valence-electron chi connectivity index (χ4n) is 2.64. The molecule has 1 amide bonds. The number of hydrogen-bond donors (Lipinski definition) is 0. The summed E-state index contributed by atoms with van der Waals surface area (Å²) < 4.78 is 0. The molecule has 3 heteroatoms. The molecule has 0 bridgehead atoms. The molecule has 0 aromatic carbocycles. The highest BCUT2D eigenvalue weighted by Crippen LogP contribution is 2.31. The van der Waals surface area contributed by atoms with Crippen LogP contribution in [0.2, 0.25) is 0 Å². The second-order valence-corrected chi connectivity index (χ2v) is 4.61. The number of carbonyl (C=O) groups excluding carboxylic acids is 2. The molecule has 0 unspecified atom stereocenters. The second-order valence-electron chi connectivity index (χ2n) is 4.61. The molecule has 0 N–H and O–H groups in total. The topological polar surface area (TPSA) is 37.4 Å². The van der Waals surface area contributed by atoms with E-state index in [1.807, 2.05) is 11.8 Å². The van der Waals surface area contributed by atoms with Gasteiger partial charge in [0.25, 0.3) is 0 Å². The van der Waals surface area contributed by atoms with Crippen LogP contribution in [0.5, 0.6) is 0 Å². The summed E-state index contributed by atoms with van der Waals surface area (Å²) in [5, 5.41) is 0. The third-order valence-corrected chi connectivity index (χ3v) is 3.80. The molecule has 3 nitrogen and oxygen atoms in total. The molecule has 2 aliphatic heterocycles. The Morgan fingerprint density at radius 1 is 1.20 bits per heavy atom. The van der Waals surface area contributed by atoms with Crippen molar-refractivity contribution in [2.45, 2.75) is 39.7 Å². The lowest BCUT2D eigenvalue weighted by Gasteiger charge is -2.26. The second kappa shape index (κ2) is 3.47. The van der Waals surface area contributed by atoms with Crippen LogP contribution in [0.3, 0.4) is 0 Å². The van der Waals surface area contributed by atoms with Gasteiger partial charge in [-0.15, -0.1) is 0 Å². The van der Waals surface area contributed by atoms with Crippen molar-refractivity contribution in [2.24, 2.45) is 5.92 Å². The van der Waals surface area contributed by atoms with Crippen molar-refractivity contribution in [3.8, 4) is 0 Å². The lowest BCUT2D eigenvalue weighted by atomic mass is 9.92. The molecular weight excluding hydrogens is 190 g/mol. The van der Waals surface area contributed by atoms with E-state index in [0.29, 0.717) is 11.1 Å². The molecule has 0 aromatic heterocycles. The van der Waals surface area contributed by atoms with Gasteiger partial charge < -0.3 is 4.90 Å². The fraction of sp³-hybridized carbons (Fsp3) is 0.667. The summed E-state index contributed by atoms with van der Waals surface area (Å²) in [6.07, 6.45) is 2.00. The maximum Gasteiger partial charge on any atom is 0.250 e. The Kier molecular flexibility index (Phi) is 2.41. The van der Waals surface area contributed by atoms with E-state index in [1.54, 1.807) is 13.8 Å². The van der Waals surface area contributed by atoms with Gasteiger partial charge >= 0.3 is 0 Å². The van der Waals surface area contributed by atoms with E-state index in [4.69, 9.17) is 0 Å². The molecule has 2 aliphatic rings. The Morgan fingerprint density at radius 2 is 1.87 bits per heavy atom. The van der Waals surface area contributed by atoms with E-state index in [0.717, 1.165) is 19.4 Å².